The third-order valence-electron chi connectivity index (χ3n) is 4.12. The summed E-state index contributed by atoms with van der Waals surface area (Å²) in [6.45, 7) is 6.44. The second-order valence-corrected chi connectivity index (χ2v) is 6.56. The van der Waals surface area contributed by atoms with E-state index in [4.69, 9.17) is 4.74 Å². The quantitative estimate of drug-likeness (QED) is 0.470. The second kappa shape index (κ2) is 9.93. The molecular weight excluding hydrogens is 404 g/mol. The average Bonchev–Trinajstić information content (AvgIpc) is 2.71. The van der Waals surface area contributed by atoms with Crippen LogP contribution in [-0.4, -0.2) is 11.4 Å². The molecule has 3 aromatic carbocycles. The Bertz CT molecular complexity index is 905. The molecule has 0 fully saturated rings. The second-order valence-electron chi connectivity index (χ2n) is 5.70. The molecule has 3 rings (SSSR count). The van der Waals surface area contributed by atoms with Gasteiger partial charge in [-0.2, -0.15) is 0 Å². The number of rotatable bonds is 5. The number of carbonyl (C=O) groups excluding carboxylic acids is 1. The lowest BCUT2D eigenvalue weighted by Crippen LogP contribution is -2.00. The maximum atomic E-state index is 10.9. The van der Waals surface area contributed by atoms with E-state index in [1.165, 1.54) is 11.6 Å². The maximum Gasteiger partial charge on any atom is 0.153 e. The van der Waals surface area contributed by atoms with Crippen LogP contribution in [0.5, 0.6) is 11.5 Å². The molecule has 27 heavy (non-hydrogen) atoms. The van der Waals surface area contributed by atoms with Crippen molar-refractivity contribution in [3.8, 4) is 22.6 Å². The number of hydrogen-bond donors (Lipinski definition) is 1. The Morgan fingerprint density at radius 3 is 2.41 bits per heavy atom. The van der Waals surface area contributed by atoms with Gasteiger partial charge < -0.3 is 9.84 Å². The Morgan fingerprint density at radius 1 is 1.04 bits per heavy atom. The van der Waals surface area contributed by atoms with Crippen molar-refractivity contribution in [2.24, 2.45) is 0 Å². The summed E-state index contributed by atoms with van der Waals surface area (Å²) in [5.74, 6) is 0.399. The Balaban J connectivity index is 0.00000126. The van der Waals surface area contributed by atoms with Crippen molar-refractivity contribution < 1.29 is 14.6 Å². The minimum absolute atomic E-state index is 0.0945. The van der Waals surface area contributed by atoms with Gasteiger partial charge in [-0.1, -0.05) is 62.4 Å². The Kier molecular flexibility index (Phi) is 7.62. The van der Waals surface area contributed by atoms with Crippen molar-refractivity contribution in [2.45, 2.75) is 27.4 Å². The molecule has 0 unspecified atom stereocenters. The zero-order valence-electron chi connectivity index (χ0n) is 15.7. The lowest BCUT2D eigenvalue weighted by molar-refractivity contribution is 0.112. The Labute approximate surface area is 168 Å². The van der Waals surface area contributed by atoms with Gasteiger partial charge in [0.05, 0.1) is 10.0 Å². The molecular formula is C23H23BrO3. The molecule has 1 N–H and O–H groups in total. The molecule has 0 aliphatic carbocycles. The van der Waals surface area contributed by atoms with Crippen LogP contribution in [0.4, 0.5) is 0 Å². The molecule has 0 saturated heterocycles. The van der Waals surface area contributed by atoms with Gasteiger partial charge in [0.15, 0.2) is 6.29 Å². The highest BCUT2D eigenvalue weighted by Crippen LogP contribution is 2.33. The molecule has 140 valence electrons. The summed E-state index contributed by atoms with van der Waals surface area (Å²) in [5.41, 5.74) is 4.77. The molecule has 0 atom stereocenters. The molecule has 0 bridgehead atoms. The molecule has 4 heteroatoms. The van der Waals surface area contributed by atoms with Gasteiger partial charge in [-0.15, -0.1) is 0 Å². The van der Waals surface area contributed by atoms with Crippen molar-refractivity contribution >= 4 is 22.2 Å². The molecule has 0 aromatic heterocycles. The summed E-state index contributed by atoms with van der Waals surface area (Å²) in [5, 5.41) is 9.83. The number of benzene rings is 3. The lowest BCUT2D eigenvalue weighted by atomic mass is 9.97. The van der Waals surface area contributed by atoms with E-state index >= 15 is 0 Å². The highest BCUT2D eigenvalue weighted by atomic mass is 79.9. The van der Waals surface area contributed by atoms with E-state index in [1.54, 1.807) is 6.07 Å². The molecule has 0 spiro atoms. The maximum absolute atomic E-state index is 10.9. The van der Waals surface area contributed by atoms with Gasteiger partial charge in [0.25, 0.3) is 0 Å². The van der Waals surface area contributed by atoms with E-state index in [0.29, 0.717) is 23.1 Å². The molecule has 0 aliphatic heterocycles. The van der Waals surface area contributed by atoms with Crippen LogP contribution >= 0.6 is 15.9 Å². The van der Waals surface area contributed by atoms with Gasteiger partial charge >= 0.3 is 0 Å². The molecule has 0 heterocycles. The molecule has 0 amide bonds. The molecule has 3 nitrogen and oxygen atoms in total. The van der Waals surface area contributed by atoms with Crippen molar-refractivity contribution in [3.05, 3.63) is 81.8 Å². The van der Waals surface area contributed by atoms with Gasteiger partial charge in [0.2, 0.25) is 0 Å². The van der Waals surface area contributed by atoms with Crippen molar-refractivity contribution in [1.29, 1.82) is 0 Å². The molecule has 0 saturated carbocycles. The average molecular weight is 427 g/mol. The van der Waals surface area contributed by atoms with Crippen LogP contribution in [-0.2, 0) is 6.61 Å². The Morgan fingerprint density at radius 2 is 1.74 bits per heavy atom. The first-order chi connectivity index (χ1) is 13.1. The minimum atomic E-state index is -0.0945. The lowest BCUT2D eigenvalue weighted by Gasteiger charge is -2.14. The van der Waals surface area contributed by atoms with Crippen molar-refractivity contribution in [3.63, 3.8) is 0 Å². The van der Waals surface area contributed by atoms with E-state index in [2.05, 4.69) is 41.1 Å². The van der Waals surface area contributed by atoms with Gasteiger partial charge in [0, 0.05) is 6.07 Å². The highest BCUT2D eigenvalue weighted by molar-refractivity contribution is 9.10. The van der Waals surface area contributed by atoms with E-state index < -0.39 is 0 Å². The summed E-state index contributed by atoms with van der Waals surface area (Å²) < 4.78 is 6.48. The number of aromatic hydroxyl groups is 1. The summed E-state index contributed by atoms with van der Waals surface area (Å²) in [6.07, 6.45) is 0.608. The normalized spacial score (nSPS) is 9.93. The number of carbonyl (C=O) groups is 1. The zero-order chi connectivity index (χ0) is 19.8. The standard InChI is InChI=1S/C21H17BrO3.C2H6/c1-14-16(8-5-9-18(14)15-6-3-2-4-7-15)13-25-21-11-20(24)17(12-23)10-19(21)22;1-2/h2-12,24H,13H2,1H3;1-2H3. The summed E-state index contributed by atoms with van der Waals surface area (Å²) >= 11 is 3.37. The third-order valence-corrected chi connectivity index (χ3v) is 4.74. The molecule has 3 aromatic rings. The number of hydrogen-bond acceptors (Lipinski definition) is 3. The highest BCUT2D eigenvalue weighted by Gasteiger charge is 2.10. The van der Waals surface area contributed by atoms with E-state index in [-0.39, 0.29) is 11.3 Å². The number of aldehydes is 1. The van der Waals surface area contributed by atoms with Crippen LogP contribution in [0.3, 0.4) is 0 Å². The van der Waals surface area contributed by atoms with Gasteiger partial charge in [-0.3, -0.25) is 4.79 Å². The monoisotopic (exact) mass is 426 g/mol. The van der Waals surface area contributed by atoms with Crippen molar-refractivity contribution in [2.75, 3.05) is 0 Å². The first-order valence-electron chi connectivity index (χ1n) is 8.84. The Hall–Kier alpha value is -2.59. The van der Waals surface area contributed by atoms with Gasteiger partial charge in [0.1, 0.15) is 18.1 Å². The fraction of sp³-hybridized carbons (Fsp3) is 0.174. The van der Waals surface area contributed by atoms with Crippen LogP contribution in [0.1, 0.15) is 35.3 Å². The zero-order valence-corrected chi connectivity index (χ0v) is 17.3. The predicted octanol–water partition coefficient (Wildman–Crippen LogP) is 6.55. The van der Waals surface area contributed by atoms with Crippen LogP contribution in [0.2, 0.25) is 0 Å². The smallest absolute Gasteiger partial charge is 0.153 e. The molecule has 0 aliphatic rings. The fourth-order valence-electron chi connectivity index (χ4n) is 2.69. The van der Waals surface area contributed by atoms with Crippen LogP contribution < -0.4 is 4.74 Å². The topological polar surface area (TPSA) is 46.5 Å². The van der Waals surface area contributed by atoms with Crippen molar-refractivity contribution in [1.82, 2.24) is 0 Å². The van der Waals surface area contributed by atoms with Crippen LogP contribution in [0.25, 0.3) is 11.1 Å². The van der Waals surface area contributed by atoms with E-state index in [9.17, 15) is 9.90 Å². The van der Waals surface area contributed by atoms with Crippen LogP contribution in [0.15, 0.2) is 65.1 Å². The largest absolute Gasteiger partial charge is 0.507 e. The first-order valence-corrected chi connectivity index (χ1v) is 9.64. The first kappa shape index (κ1) is 20.7. The summed E-state index contributed by atoms with van der Waals surface area (Å²) in [7, 11) is 0. The van der Waals surface area contributed by atoms with Gasteiger partial charge in [-0.05, 0) is 51.2 Å². The third kappa shape index (κ3) is 4.98. The summed E-state index contributed by atoms with van der Waals surface area (Å²) in [6, 6.07) is 19.3. The summed E-state index contributed by atoms with van der Waals surface area (Å²) in [4.78, 5) is 10.9. The predicted molar refractivity (Wildman–Crippen MR) is 113 cm³/mol. The van der Waals surface area contributed by atoms with E-state index in [0.717, 1.165) is 16.7 Å². The number of ether oxygens (including phenoxy) is 1. The van der Waals surface area contributed by atoms with Gasteiger partial charge in [-0.25, -0.2) is 0 Å². The SMILES string of the molecule is CC.Cc1c(COc2cc(O)c(C=O)cc2Br)cccc1-c1ccccc1. The van der Waals surface area contributed by atoms with E-state index in [1.807, 2.05) is 44.2 Å². The molecule has 0 radical (unpaired) electrons. The fourth-order valence-corrected chi connectivity index (χ4v) is 3.16. The number of phenolic OH excluding ortho intramolecular Hbond substituents is 1. The minimum Gasteiger partial charge on any atom is -0.507 e. The number of halogens is 1. The number of phenols is 1. The van der Waals surface area contributed by atoms with Crippen LogP contribution in [0, 0.1) is 6.92 Å².